The van der Waals surface area contributed by atoms with E-state index in [1.807, 2.05) is 37.3 Å². The average molecular weight is 452 g/mol. The first-order chi connectivity index (χ1) is 15.3. The summed E-state index contributed by atoms with van der Waals surface area (Å²) in [5, 5.41) is 41.9. The highest BCUT2D eigenvalue weighted by Gasteiger charge is 2.63. The fourth-order valence-electron chi connectivity index (χ4n) is 5.04. The van der Waals surface area contributed by atoms with E-state index in [-0.39, 0.29) is 18.4 Å². The average Bonchev–Trinajstić information content (AvgIpc) is 2.75. The van der Waals surface area contributed by atoms with Crippen LogP contribution in [0.1, 0.15) is 18.9 Å². The molecule has 10 heteroatoms. The second kappa shape index (κ2) is 9.32. The predicted octanol–water partition coefficient (Wildman–Crippen LogP) is -1.77. The van der Waals surface area contributed by atoms with Gasteiger partial charge in [-0.05, 0) is 33.0 Å². The van der Waals surface area contributed by atoms with Gasteiger partial charge in [-0.25, -0.2) is 0 Å². The van der Waals surface area contributed by atoms with Crippen molar-refractivity contribution >= 4 is 5.91 Å². The Morgan fingerprint density at radius 2 is 1.75 bits per heavy atom. The number of rotatable bonds is 5. The van der Waals surface area contributed by atoms with Gasteiger partial charge in [0.2, 0.25) is 18.0 Å². The lowest BCUT2D eigenvalue weighted by atomic mass is 9.79. The van der Waals surface area contributed by atoms with Gasteiger partial charge in [-0.2, -0.15) is 0 Å². The van der Waals surface area contributed by atoms with Crippen LogP contribution in [0.2, 0.25) is 0 Å². The zero-order valence-electron chi connectivity index (χ0n) is 18.5. The molecular weight excluding hydrogens is 418 g/mol. The molecule has 1 saturated carbocycles. The van der Waals surface area contributed by atoms with E-state index < -0.39 is 54.6 Å². The topological polar surface area (TPSA) is 142 Å². The van der Waals surface area contributed by atoms with Crippen LogP contribution in [0.4, 0.5) is 0 Å². The number of aliphatic hydroxyl groups is 3. The Hall–Kier alpha value is -1.63. The molecule has 6 N–H and O–H groups in total. The minimum absolute atomic E-state index is 0.153. The van der Waals surface area contributed by atoms with Crippen molar-refractivity contribution in [2.75, 3.05) is 14.1 Å². The number of ether oxygens (including phenoxy) is 3. The zero-order valence-corrected chi connectivity index (χ0v) is 18.5. The van der Waals surface area contributed by atoms with Crippen LogP contribution in [0.15, 0.2) is 30.3 Å². The molecule has 10 atom stereocenters. The number of fused-ring (bicyclic) bond motifs is 2. The van der Waals surface area contributed by atoms with Gasteiger partial charge in [0.1, 0.15) is 18.3 Å². The smallest absolute Gasteiger partial charge is 0.239 e. The Labute approximate surface area is 187 Å². The van der Waals surface area contributed by atoms with Crippen molar-refractivity contribution in [2.45, 2.75) is 80.5 Å². The Bertz CT molecular complexity index is 799. The molecule has 1 aliphatic carbocycles. The highest BCUT2D eigenvalue weighted by molar-refractivity contribution is 5.79. The maximum absolute atomic E-state index is 12.7. The zero-order chi connectivity index (χ0) is 23.0. The third-order valence-corrected chi connectivity index (χ3v) is 6.69. The molecule has 2 aliphatic heterocycles. The number of aliphatic hydroxyl groups excluding tert-OH is 2. The third kappa shape index (κ3) is 4.17. The number of carbonyl (C=O) groups excluding carboxylic acids is 1. The van der Waals surface area contributed by atoms with E-state index in [1.54, 1.807) is 14.1 Å². The Balaban J connectivity index is 1.56. The molecule has 0 radical (unpaired) electrons. The van der Waals surface area contributed by atoms with E-state index in [9.17, 15) is 20.1 Å². The lowest BCUT2D eigenvalue weighted by molar-refractivity contribution is -0.449. The van der Waals surface area contributed by atoms with Crippen LogP contribution in [-0.4, -0.2) is 96.0 Å². The van der Waals surface area contributed by atoms with Crippen molar-refractivity contribution in [1.29, 1.82) is 0 Å². The molecule has 2 heterocycles. The van der Waals surface area contributed by atoms with Crippen molar-refractivity contribution in [1.82, 2.24) is 16.0 Å². The van der Waals surface area contributed by atoms with E-state index in [1.165, 1.54) is 0 Å². The number of hydrogen-bond donors (Lipinski definition) is 6. The van der Waals surface area contributed by atoms with E-state index in [2.05, 4.69) is 16.0 Å². The first kappa shape index (κ1) is 23.5. The quantitative estimate of drug-likeness (QED) is 0.307. The highest BCUT2D eigenvalue weighted by atomic mass is 16.8. The Morgan fingerprint density at radius 1 is 1.06 bits per heavy atom. The van der Waals surface area contributed by atoms with Gasteiger partial charge >= 0.3 is 0 Å². The van der Waals surface area contributed by atoms with Gasteiger partial charge < -0.3 is 45.5 Å². The van der Waals surface area contributed by atoms with Crippen LogP contribution >= 0.6 is 0 Å². The van der Waals surface area contributed by atoms with Crippen LogP contribution < -0.4 is 16.0 Å². The number of benzene rings is 1. The van der Waals surface area contributed by atoms with Gasteiger partial charge in [0.15, 0.2) is 0 Å². The molecule has 10 nitrogen and oxygen atoms in total. The van der Waals surface area contributed by atoms with Gasteiger partial charge in [0.05, 0.1) is 36.8 Å². The maximum atomic E-state index is 12.7. The molecule has 4 rings (SSSR count). The molecule has 3 fully saturated rings. The summed E-state index contributed by atoms with van der Waals surface area (Å²) in [6.45, 7) is 1.82. The Kier molecular flexibility index (Phi) is 6.85. The lowest BCUT2D eigenvalue weighted by Crippen LogP contribution is -2.79. The monoisotopic (exact) mass is 451 g/mol. The summed E-state index contributed by atoms with van der Waals surface area (Å²) in [5.74, 6) is -2.25. The first-order valence-electron chi connectivity index (χ1n) is 11.0. The van der Waals surface area contributed by atoms with Gasteiger partial charge in [0, 0.05) is 0 Å². The number of hydrogen-bond acceptors (Lipinski definition) is 9. The number of carbonyl (C=O) groups is 1. The van der Waals surface area contributed by atoms with Crippen molar-refractivity contribution in [3.8, 4) is 0 Å². The summed E-state index contributed by atoms with van der Waals surface area (Å²) in [5.41, 5.74) is 0.849. The van der Waals surface area contributed by atoms with E-state index in [0.717, 1.165) is 5.56 Å². The number of likely N-dealkylation sites (N-methyl/N-ethyl adjacent to an activating group) is 2. The molecular formula is C22H33N3O7. The van der Waals surface area contributed by atoms with Gasteiger partial charge in [-0.1, -0.05) is 30.3 Å². The fraction of sp³-hybridized carbons (Fsp3) is 0.682. The second-order valence-electron chi connectivity index (χ2n) is 8.84. The molecule has 3 aliphatic rings. The van der Waals surface area contributed by atoms with E-state index in [4.69, 9.17) is 14.2 Å². The highest BCUT2D eigenvalue weighted by Crippen LogP contribution is 2.41. The molecule has 1 aromatic rings. The van der Waals surface area contributed by atoms with Crippen molar-refractivity contribution < 1.29 is 34.3 Å². The number of nitrogens with one attached hydrogen (secondary N) is 3. The van der Waals surface area contributed by atoms with Crippen molar-refractivity contribution in [3.05, 3.63) is 35.9 Å². The summed E-state index contributed by atoms with van der Waals surface area (Å²) in [6, 6.07) is 7.21. The van der Waals surface area contributed by atoms with Gasteiger partial charge in [0.25, 0.3) is 0 Å². The summed E-state index contributed by atoms with van der Waals surface area (Å²) in [7, 11) is 3.30. The summed E-state index contributed by atoms with van der Waals surface area (Å²) in [4.78, 5) is 12.7. The molecule has 2 saturated heterocycles. The van der Waals surface area contributed by atoms with E-state index >= 15 is 0 Å². The molecule has 0 bridgehead atoms. The lowest BCUT2D eigenvalue weighted by Gasteiger charge is -2.58. The van der Waals surface area contributed by atoms with Crippen LogP contribution in [0.25, 0.3) is 0 Å². The summed E-state index contributed by atoms with van der Waals surface area (Å²) in [6.07, 6.45) is -4.90. The predicted molar refractivity (Wildman–Crippen MR) is 113 cm³/mol. The fourth-order valence-corrected chi connectivity index (χ4v) is 5.04. The standard InChI is InChI=1S/C22H33N3O7/c1-11-9-13(25-14(26)10-12-7-5-4-6-8-12)22(29)21(30-11)31-20-18(28)15(23-2)17(27)16(24-3)19(20)32-22/h4-8,11,13,15-21,23-24,27-29H,9-10H2,1-3H3,(H,25,26)/t11-,13-,15-,16+,17+,18-,19?,20?,21?,22+/m1/s1. The van der Waals surface area contributed by atoms with E-state index in [0.29, 0.717) is 6.42 Å². The molecule has 0 aromatic heterocycles. The number of amides is 1. The molecule has 178 valence electrons. The largest absolute Gasteiger partial charge is 0.390 e. The summed E-state index contributed by atoms with van der Waals surface area (Å²) >= 11 is 0. The van der Waals surface area contributed by atoms with Gasteiger partial charge in [-0.15, -0.1) is 0 Å². The molecule has 1 amide bonds. The third-order valence-electron chi connectivity index (χ3n) is 6.69. The Morgan fingerprint density at radius 3 is 2.41 bits per heavy atom. The van der Waals surface area contributed by atoms with Crippen LogP contribution in [-0.2, 0) is 25.4 Å². The summed E-state index contributed by atoms with van der Waals surface area (Å²) < 4.78 is 18.0. The first-order valence-corrected chi connectivity index (χ1v) is 11.0. The maximum Gasteiger partial charge on any atom is 0.239 e. The van der Waals surface area contributed by atoms with Crippen LogP contribution in [0.5, 0.6) is 0 Å². The van der Waals surface area contributed by atoms with Crippen molar-refractivity contribution in [3.63, 3.8) is 0 Å². The SMILES string of the molecule is CN[C@@H]1[C@H](O)[C@H](NC)C2O[C@]3(O)C(OC2[C@@H]1O)O[C@H](C)C[C@H]3NC(=O)Cc1ccccc1. The van der Waals surface area contributed by atoms with Crippen LogP contribution in [0, 0.1) is 0 Å². The molecule has 0 spiro atoms. The van der Waals surface area contributed by atoms with Gasteiger partial charge in [-0.3, -0.25) is 4.79 Å². The molecule has 3 unspecified atom stereocenters. The molecule has 32 heavy (non-hydrogen) atoms. The van der Waals surface area contributed by atoms with Crippen molar-refractivity contribution in [2.24, 2.45) is 0 Å². The normalized spacial score (nSPS) is 43.8. The minimum atomic E-state index is -1.99. The minimum Gasteiger partial charge on any atom is -0.390 e. The molecule has 1 aromatic carbocycles. The second-order valence-corrected chi connectivity index (χ2v) is 8.84. The van der Waals surface area contributed by atoms with Crippen LogP contribution in [0.3, 0.4) is 0 Å².